The number of benzene rings is 1. The summed E-state index contributed by atoms with van der Waals surface area (Å²) in [6.45, 7) is 3.52. The van der Waals surface area contributed by atoms with Crippen LogP contribution in [0.4, 0.5) is 13.2 Å². The number of rotatable bonds is 3. The largest absolute Gasteiger partial charge is 0.496 e. The predicted octanol–water partition coefficient (Wildman–Crippen LogP) is 2.78. The van der Waals surface area contributed by atoms with E-state index in [1.54, 1.807) is 26.0 Å². The van der Waals surface area contributed by atoms with Crippen molar-refractivity contribution in [2.45, 2.75) is 32.5 Å². The Morgan fingerprint density at radius 2 is 1.71 bits per heavy atom. The average Bonchev–Trinajstić information content (AvgIpc) is 2.15. The summed E-state index contributed by atoms with van der Waals surface area (Å²) in [5, 5.41) is 8.99. The quantitative estimate of drug-likeness (QED) is 0.891. The van der Waals surface area contributed by atoms with Crippen molar-refractivity contribution in [2.75, 3.05) is 7.11 Å². The van der Waals surface area contributed by atoms with Crippen molar-refractivity contribution >= 4 is 0 Å². The molecule has 1 rings (SSSR count). The van der Waals surface area contributed by atoms with Gasteiger partial charge >= 0.3 is 6.18 Å². The summed E-state index contributed by atoms with van der Waals surface area (Å²) in [5.74, 6) is 0.662. The molecule has 1 aromatic carbocycles. The molecule has 0 fully saturated rings. The Hall–Kier alpha value is -1.23. The Morgan fingerprint density at radius 1 is 1.24 bits per heavy atom. The molecule has 96 valence electrons. The van der Waals surface area contributed by atoms with Gasteiger partial charge in [-0.3, -0.25) is 0 Å². The second kappa shape index (κ2) is 4.96. The molecule has 0 saturated carbocycles. The van der Waals surface area contributed by atoms with Crippen molar-refractivity contribution in [1.82, 2.24) is 0 Å². The summed E-state index contributed by atoms with van der Waals surface area (Å²) in [5.41, 5.74) is 1.97. The molecule has 0 heterocycles. The first kappa shape index (κ1) is 13.8. The third-order valence-corrected chi connectivity index (χ3v) is 2.53. The molecule has 0 bridgehead atoms. The van der Waals surface area contributed by atoms with Crippen LogP contribution in [-0.2, 0) is 6.42 Å². The minimum atomic E-state index is -4.58. The maximum atomic E-state index is 12.2. The highest BCUT2D eigenvalue weighted by Gasteiger charge is 2.38. The van der Waals surface area contributed by atoms with Gasteiger partial charge in [0.25, 0.3) is 0 Å². The Kier molecular flexibility index (Phi) is 4.03. The highest BCUT2D eigenvalue weighted by molar-refractivity contribution is 5.43. The molecular formula is C12H15F3O2. The Morgan fingerprint density at radius 3 is 2.06 bits per heavy atom. The van der Waals surface area contributed by atoms with E-state index in [9.17, 15) is 13.2 Å². The molecule has 1 atom stereocenters. The third-order valence-electron chi connectivity index (χ3n) is 2.53. The maximum absolute atomic E-state index is 12.2. The van der Waals surface area contributed by atoms with E-state index in [0.29, 0.717) is 11.3 Å². The lowest BCUT2D eigenvalue weighted by Gasteiger charge is -2.16. The zero-order valence-electron chi connectivity index (χ0n) is 9.93. The normalized spacial score (nSPS) is 13.6. The second-order valence-electron chi connectivity index (χ2n) is 4.02. The van der Waals surface area contributed by atoms with Gasteiger partial charge in [0.15, 0.2) is 6.10 Å². The van der Waals surface area contributed by atoms with Crippen LogP contribution in [0.3, 0.4) is 0 Å². The highest BCUT2D eigenvalue weighted by Crippen LogP contribution is 2.27. The van der Waals surface area contributed by atoms with Crippen LogP contribution in [0.15, 0.2) is 12.1 Å². The van der Waals surface area contributed by atoms with Crippen molar-refractivity contribution in [1.29, 1.82) is 0 Å². The van der Waals surface area contributed by atoms with Crippen LogP contribution in [0.5, 0.6) is 5.75 Å². The number of aliphatic hydroxyl groups excluding tert-OH is 1. The van der Waals surface area contributed by atoms with E-state index >= 15 is 0 Å². The van der Waals surface area contributed by atoms with E-state index < -0.39 is 18.7 Å². The molecule has 17 heavy (non-hydrogen) atoms. The van der Waals surface area contributed by atoms with Crippen molar-refractivity contribution in [2.24, 2.45) is 0 Å². The van der Waals surface area contributed by atoms with Gasteiger partial charge in [-0.1, -0.05) is 12.1 Å². The van der Waals surface area contributed by atoms with Gasteiger partial charge in [-0.05, 0) is 30.5 Å². The zero-order valence-corrected chi connectivity index (χ0v) is 9.93. The topological polar surface area (TPSA) is 29.5 Å². The summed E-state index contributed by atoms with van der Waals surface area (Å²) < 4.78 is 41.7. The van der Waals surface area contributed by atoms with Crippen molar-refractivity contribution in [3.05, 3.63) is 28.8 Å². The molecule has 0 radical (unpaired) electrons. The molecular weight excluding hydrogens is 233 g/mol. The van der Waals surface area contributed by atoms with Gasteiger partial charge in [0.05, 0.1) is 7.11 Å². The Bertz CT molecular complexity index is 376. The van der Waals surface area contributed by atoms with E-state index in [2.05, 4.69) is 0 Å². The standard InChI is InChI=1S/C12H15F3O2/c1-7-4-9(5-8(2)11(7)17-3)6-10(16)12(13,14)15/h4-5,10,16H,6H2,1-3H3. The minimum absolute atomic E-state index is 0.435. The van der Waals surface area contributed by atoms with Gasteiger partial charge in [-0.25, -0.2) is 0 Å². The fourth-order valence-electron chi connectivity index (χ4n) is 1.82. The molecule has 0 aliphatic rings. The van der Waals surface area contributed by atoms with Crippen molar-refractivity contribution in [3.63, 3.8) is 0 Å². The molecule has 1 unspecified atom stereocenters. The first-order valence-corrected chi connectivity index (χ1v) is 5.14. The number of alkyl halides is 3. The second-order valence-corrected chi connectivity index (χ2v) is 4.02. The average molecular weight is 248 g/mol. The molecule has 2 nitrogen and oxygen atoms in total. The molecule has 0 amide bonds. The van der Waals surface area contributed by atoms with E-state index in [1.807, 2.05) is 0 Å². The molecule has 1 N–H and O–H groups in total. The lowest BCUT2D eigenvalue weighted by atomic mass is 10.0. The first-order valence-electron chi connectivity index (χ1n) is 5.14. The Balaban J connectivity index is 2.94. The van der Waals surface area contributed by atoms with Crippen LogP contribution in [0, 0.1) is 13.8 Å². The molecule has 0 aliphatic heterocycles. The van der Waals surface area contributed by atoms with Gasteiger partial charge in [-0.15, -0.1) is 0 Å². The summed E-state index contributed by atoms with van der Waals surface area (Å²) in [4.78, 5) is 0. The van der Waals surface area contributed by atoms with Gasteiger partial charge in [0, 0.05) is 6.42 Å². The summed E-state index contributed by atoms with van der Waals surface area (Å²) in [7, 11) is 1.51. The lowest BCUT2D eigenvalue weighted by Crippen LogP contribution is -2.30. The fraction of sp³-hybridized carbons (Fsp3) is 0.500. The number of ether oxygens (including phenoxy) is 1. The van der Waals surface area contributed by atoms with E-state index in [4.69, 9.17) is 9.84 Å². The minimum Gasteiger partial charge on any atom is -0.496 e. The SMILES string of the molecule is COc1c(C)cc(CC(O)C(F)(F)F)cc1C. The molecule has 0 saturated heterocycles. The van der Waals surface area contributed by atoms with E-state index in [1.165, 1.54) is 7.11 Å². The predicted molar refractivity (Wildman–Crippen MR) is 58.2 cm³/mol. The number of hydrogen-bond acceptors (Lipinski definition) is 2. The monoisotopic (exact) mass is 248 g/mol. The van der Waals surface area contributed by atoms with Crippen LogP contribution in [0.2, 0.25) is 0 Å². The van der Waals surface area contributed by atoms with Crippen molar-refractivity contribution < 1.29 is 23.0 Å². The first-order chi connectivity index (χ1) is 7.75. The smallest absolute Gasteiger partial charge is 0.414 e. The molecule has 5 heteroatoms. The summed E-state index contributed by atoms with van der Waals surface area (Å²) in [6.07, 6.45) is -7.34. The number of aliphatic hydroxyl groups is 1. The molecule has 0 aromatic heterocycles. The van der Waals surface area contributed by atoms with Gasteiger partial charge in [0.2, 0.25) is 0 Å². The summed E-state index contributed by atoms with van der Waals surface area (Å²) >= 11 is 0. The van der Waals surface area contributed by atoms with Gasteiger partial charge < -0.3 is 9.84 Å². The number of hydrogen-bond donors (Lipinski definition) is 1. The maximum Gasteiger partial charge on any atom is 0.414 e. The van der Waals surface area contributed by atoms with Crippen LogP contribution in [0.1, 0.15) is 16.7 Å². The number of halogens is 3. The van der Waals surface area contributed by atoms with E-state index in [-0.39, 0.29) is 0 Å². The van der Waals surface area contributed by atoms with Crippen LogP contribution >= 0.6 is 0 Å². The summed E-state index contributed by atoms with van der Waals surface area (Å²) in [6, 6.07) is 3.20. The van der Waals surface area contributed by atoms with E-state index in [0.717, 1.165) is 11.1 Å². The molecule has 0 aliphatic carbocycles. The van der Waals surface area contributed by atoms with Crippen LogP contribution in [-0.4, -0.2) is 24.5 Å². The molecule has 0 spiro atoms. The Labute approximate surface area is 98.0 Å². The lowest BCUT2D eigenvalue weighted by molar-refractivity contribution is -0.203. The molecule has 1 aromatic rings. The van der Waals surface area contributed by atoms with Crippen LogP contribution < -0.4 is 4.74 Å². The van der Waals surface area contributed by atoms with Gasteiger partial charge in [-0.2, -0.15) is 13.2 Å². The number of methoxy groups -OCH3 is 1. The third kappa shape index (κ3) is 3.36. The van der Waals surface area contributed by atoms with Crippen LogP contribution in [0.25, 0.3) is 0 Å². The zero-order chi connectivity index (χ0) is 13.2. The highest BCUT2D eigenvalue weighted by atomic mass is 19.4. The number of aryl methyl sites for hydroxylation is 2. The van der Waals surface area contributed by atoms with Gasteiger partial charge in [0.1, 0.15) is 5.75 Å². The fourth-order valence-corrected chi connectivity index (χ4v) is 1.82. The van der Waals surface area contributed by atoms with Crippen molar-refractivity contribution in [3.8, 4) is 5.75 Å².